The van der Waals surface area contributed by atoms with Crippen molar-refractivity contribution in [1.29, 1.82) is 0 Å². The highest BCUT2D eigenvalue weighted by Crippen LogP contribution is 2.37. The van der Waals surface area contributed by atoms with E-state index in [1.54, 1.807) is 12.4 Å². The molecule has 7 heteroatoms. The molecule has 0 spiro atoms. The highest BCUT2D eigenvalue weighted by Gasteiger charge is 2.39. The van der Waals surface area contributed by atoms with Crippen LogP contribution in [0.4, 0.5) is 0 Å². The third-order valence-electron chi connectivity index (χ3n) is 5.70. The quantitative estimate of drug-likeness (QED) is 0.782. The first-order valence-corrected chi connectivity index (χ1v) is 9.51. The Hall–Kier alpha value is -2.15. The first-order valence-electron chi connectivity index (χ1n) is 9.51. The number of amides is 2. The maximum atomic E-state index is 12.1. The van der Waals surface area contributed by atoms with Crippen molar-refractivity contribution in [1.82, 2.24) is 20.5 Å². The van der Waals surface area contributed by atoms with Gasteiger partial charge in [0.2, 0.25) is 11.8 Å². The van der Waals surface area contributed by atoms with Crippen LogP contribution < -0.4 is 15.4 Å². The summed E-state index contributed by atoms with van der Waals surface area (Å²) in [5, 5.41) is 5.90. The lowest BCUT2D eigenvalue weighted by Gasteiger charge is -2.21. The summed E-state index contributed by atoms with van der Waals surface area (Å²) in [6.45, 7) is 4.94. The van der Waals surface area contributed by atoms with Crippen molar-refractivity contribution in [2.75, 3.05) is 19.6 Å². The largest absolute Gasteiger partial charge is 0.487 e. The Morgan fingerprint density at radius 2 is 2.31 bits per heavy atom. The second kappa shape index (κ2) is 7.23. The molecular weight excluding hydrogens is 332 g/mol. The molecule has 4 atom stereocenters. The van der Waals surface area contributed by atoms with Crippen LogP contribution in [-0.4, -0.2) is 53.5 Å². The van der Waals surface area contributed by atoms with Crippen LogP contribution in [0.2, 0.25) is 0 Å². The molecule has 0 bridgehead atoms. The van der Waals surface area contributed by atoms with Crippen molar-refractivity contribution >= 4 is 11.8 Å². The summed E-state index contributed by atoms with van der Waals surface area (Å²) in [7, 11) is 0. The third-order valence-corrected chi connectivity index (χ3v) is 5.70. The van der Waals surface area contributed by atoms with Crippen molar-refractivity contribution in [2.45, 2.75) is 44.9 Å². The monoisotopic (exact) mass is 358 g/mol. The van der Waals surface area contributed by atoms with Crippen LogP contribution >= 0.6 is 0 Å². The van der Waals surface area contributed by atoms with Gasteiger partial charge in [0.15, 0.2) is 0 Å². The lowest BCUT2D eigenvalue weighted by Crippen LogP contribution is -2.40. The minimum Gasteiger partial charge on any atom is -0.487 e. The fraction of sp³-hybridized carbons (Fsp3) is 0.632. The molecule has 140 valence electrons. The number of ether oxygens (including phenoxy) is 1. The molecule has 1 aliphatic carbocycles. The average Bonchev–Trinajstić information content (AvgIpc) is 3.01. The molecule has 0 radical (unpaired) electrons. The molecule has 4 rings (SSSR count). The molecule has 1 saturated carbocycles. The van der Waals surface area contributed by atoms with E-state index in [0.717, 1.165) is 50.2 Å². The number of nitrogens with zero attached hydrogens (tertiary/aromatic N) is 2. The lowest BCUT2D eigenvalue weighted by molar-refractivity contribution is -0.123. The van der Waals surface area contributed by atoms with Crippen molar-refractivity contribution in [3.05, 3.63) is 24.0 Å². The second-order valence-electron chi connectivity index (χ2n) is 7.64. The summed E-state index contributed by atoms with van der Waals surface area (Å²) in [5.41, 5.74) is 0.943. The van der Waals surface area contributed by atoms with E-state index in [1.807, 2.05) is 6.07 Å². The molecule has 2 N–H and O–H groups in total. The fourth-order valence-corrected chi connectivity index (χ4v) is 3.90. The van der Waals surface area contributed by atoms with Crippen LogP contribution in [0.25, 0.3) is 0 Å². The van der Waals surface area contributed by atoms with Gasteiger partial charge in [-0.05, 0) is 31.2 Å². The first-order chi connectivity index (χ1) is 12.6. The number of carbonyl (C=O) groups is 2. The van der Waals surface area contributed by atoms with Crippen molar-refractivity contribution in [3.8, 4) is 5.75 Å². The molecule has 2 amide bonds. The number of aromatic nitrogens is 1. The Bertz CT molecular complexity index is 695. The number of rotatable bonds is 6. The molecule has 1 unspecified atom stereocenters. The van der Waals surface area contributed by atoms with E-state index in [1.165, 1.54) is 0 Å². The zero-order valence-corrected chi connectivity index (χ0v) is 15.1. The maximum Gasteiger partial charge on any atom is 0.237 e. The Labute approximate surface area is 153 Å². The van der Waals surface area contributed by atoms with E-state index in [0.29, 0.717) is 12.5 Å². The molecule has 3 aliphatic rings. The van der Waals surface area contributed by atoms with Gasteiger partial charge in [-0.25, -0.2) is 0 Å². The molecule has 2 saturated heterocycles. The van der Waals surface area contributed by atoms with Crippen LogP contribution in [0, 0.1) is 11.8 Å². The van der Waals surface area contributed by atoms with E-state index in [4.69, 9.17) is 4.74 Å². The fourth-order valence-electron chi connectivity index (χ4n) is 3.90. The average molecular weight is 358 g/mol. The molecule has 2 aliphatic heterocycles. The zero-order valence-electron chi connectivity index (χ0n) is 15.1. The van der Waals surface area contributed by atoms with Crippen LogP contribution in [0.5, 0.6) is 5.75 Å². The van der Waals surface area contributed by atoms with Gasteiger partial charge in [-0.1, -0.05) is 6.92 Å². The summed E-state index contributed by atoms with van der Waals surface area (Å²) >= 11 is 0. The minimum absolute atomic E-state index is 0.0169. The zero-order chi connectivity index (χ0) is 18.1. The van der Waals surface area contributed by atoms with Gasteiger partial charge < -0.3 is 15.4 Å². The summed E-state index contributed by atoms with van der Waals surface area (Å²) < 4.78 is 6.17. The molecule has 1 aromatic heterocycles. The van der Waals surface area contributed by atoms with Gasteiger partial charge in [-0.2, -0.15) is 0 Å². The number of carbonyl (C=O) groups excluding carboxylic acids is 2. The van der Waals surface area contributed by atoms with Gasteiger partial charge in [0.05, 0.1) is 12.2 Å². The van der Waals surface area contributed by atoms with Crippen LogP contribution in [0.3, 0.4) is 0 Å². The molecule has 26 heavy (non-hydrogen) atoms. The highest BCUT2D eigenvalue weighted by molar-refractivity contribution is 5.83. The van der Waals surface area contributed by atoms with E-state index in [2.05, 4.69) is 27.4 Å². The Morgan fingerprint density at radius 1 is 1.46 bits per heavy atom. The Morgan fingerprint density at radius 3 is 3.04 bits per heavy atom. The minimum atomic E-state index is -0.0169. The Balaban J connectivity index is 1.33. The van der Waals surface area contributed by atoms with Crippen molar-refractivity contribution < 1.29 is 14.3 Å². The smallest absolute Gasteiger partial charge is 0.237 e. The summed E-state index contributed by atoms with van der Waals surface area (Å²) in [6, 6.07) is 1.88. The predicted molar refractivity (Wildman–Crippen MR) is 95.4 cm³/mol. The topological polar surface area (TPSA) is 83.6 Å². The number of hydrogen-bond donors (Lipinski definition) is 2. The summed E-state index contributed by atoms with van der Waals surface area (Å²) in [6.07, 6.45) is 6.23. The van der Waals surface area contributed by atoms with Gasteiger partial charge >= 0.3 is 0 Å². The predicted octanol–water partition coefficient (Wildman–Crippen LogP) is 0.695. The molecule has 3 heterocycles. The van der Waals surface area contributed by atoms with Crippen LogP contribution in [0.1, 0.15) is 31.7 Å². The van der Waals surface area contributed by atoms with Crippen molar-refractivity contribution in [3.63, 3.8) is 0 Å². The van der Waals surface area contributed by atoms with Crippen LogP contribution in [-0.2, 0) is 16.1 Å². The summed E-state index contributed by atoms with van der Waals surface area (Å²) in [5.74, 6) is 1.64. The lowest BCUT2D eigenvalue weighted by atomic mass is 10.2. The van der Waals surface area contributed by atoms with Crippen molar-refractivity contribution in [2.24, 2.45) is 11.8 Å². The molecule has 0 aromatic carbocycles. The third kappa shape index (κ3) is 3.67. The van der Waals surface area contributed by atoms with Gasteiger partial charge in [-0.3, -0.25) is 19.5 Å². The normalized spacial score (nSPS) is 30.9. The molecule has 3 fully saturated rings. The standard InChI is InChI=1S/C19H26N4O3/c1-12-8-15(12)18(24)22-9-13-2-5-20-10-17(13)26-14-4-7-23(11-14)16-3-6-21-19(16)25/h2,5,10,12,14-16H,3-4,6-9,11H2,1H3,(H,21,25)(H,22,24)/t12-,14-,15-,16?/m0/s1. The Kier molecular flexibility index (Phi) is 4.80. The van der Waals surface area contributed by atoms with Gasteiger partial charge in [0.25, 0.3) is 0 Å². The van der Waals surface area contributed by atoms with Crippen LogP contribution in [0.15, 0.2) is 18.5 Å². The number of pyridine rings is 1. The molecule has 1 aromatic rings. The van der Waals surface area contributed by atoms with Gasteiger partial charge in [-0.15, -0.1) is 0 Å². The number of likely N-dealkylation sites (tertiary alicyclic amines) is 1. The SMILES string of the molecule is C[C@H]1C[C@@H]1C(=O)NCc1ccncc1O[C@H]1CCN(C2CCNC2=O)C1. The molecular formula is C19H26N4O3. The van der Waals surface area contributed by atoms with Gasteiger partial charge in [0, 0.05) is 43.9 Å². The highest BCUT2D eigenvalue weighted by atomic mass is 16.5. The number of nitrogens with one attached hydrogen (secondary N) is 2. The summed E-state index contributed by atoms with van der Waals surface area (Å²) in [4.78, 5) is 30.3. The van der Waals surface area contributed by atoms with E-state index in [9.17, 15) is 9.59 Å². The number of hydrogen-bond acceptors (Lipinski definition) is 5. The van der Waals surface area contributed by atoms with E-state index in [-0.39, 0.29) is 29.9 Å². The van der Waals surface area contributed by atoms with E-state index >= 15 is 0 Å². The van der Waals surface area contributed by atoms with E-state index < -0.39 is 0 Å². The van der Waals surface area contributed by atoms with Gasteiger partial charge in [0.1, 0.15) is 11.9 Å². The maximum absolute atomic E-state index is 12.1. The first kappa shape index (κ1) is 17.3. The molecule has 7 nitrogen and oxygen atoms in total. The second-order valence-corrected chi connectivity index (χ2v) is 7.64.